The molecule has 0 aromatic carbocycles. The smallest absolute Gasteiger partial charge is 0.307 e. The molecule has 0 radical (unpaired) electrons. The summed E-state index contributed by atoms with van der Waals surface area (Å²) in [4.78, 5) is 38.0. The lowest BCUT2D eigenvalue weighted by Gasteiger charge is -2.27. The van der Waals surface area contributed by atoms with Crippen molar-refractivity contribution in [2.24, 2.45) is 11.8 Å². The van der Waals surface area contributed by atoms with E-state index in [-0.39, 0.29) is 36.2 Å². The van der Waals surface area contributed by atoms with Gasteiger partial charge in [-0.25, -0.2) is 0 Å². The van der Waals surface area contributed by atoms with Crippen LogP contribution >= 0.6 is 12.6 Å². The molecule has 0 spiro atoms. The normalized spacial score (nSPS) is 21.3. The third-order valence-electron chi connectivity index (χ3n) is 5.33. The summed E-state index contributed by atoms with van der Waals surface area (Å²) in [6.07, 6.45) is 5.97. The van der Waals surface area contributed by atoms with Crippen LogP contribution in [0.25, 0.3) is 0 Å². The quantitative estimate of drug-likeness (QED) is 0.332. The first-order chi connectivity index (χ1) is 14.7. The molecule has 0 aromatic rings. The average molecular weight is 458 g/mol. The van der Waals surface area contributed by atoms with Gasteiger partial charge in [-0.15, -0.1) is 0 Å². The Morgan fingerprint density at radius 3 is 2.35 bits per heavy atom. The van der Waals surface area contributed by atoms with Crippen molar-refractivity contribution < 1.29 is 19.1 Å². The first-order valence-corrected chi connectivity index (χ1v) is 12.4. The van der Waals surface area contributed by atoms with E-state index in [1.807, 2.05) is 13.8 Å². The van der Waals surface area contributed by atoms with Crippen LogP contribution in [0.5, 0.6) is 0 Å². The van der Waals surface area contributed by atoms with Crippen molar-refractivity contribution in [3.05, 3.63) is 0 Å². The maximum absolute atomic E-state index is 13.2. The average Bonchev–Trinajstić information content (AvgIpc) is 2.69. The minimum atomic E-state index is -0.564. The highest BCUT2D eigenvalue weighted by Gasteiger charge is 2.31. The van der Waals surface area contributed by atoms with Crippen molar-refractivity contribution in [2.45, 2.75) is 96.5 Å². The summed E-state index contributed by atoms with van der Waals surface area (Å²) < 4.78 is 5.22. The van der Waals surface area contributed by atoms with Crippen LogP contribution in [0.4, 0.5) is 0 Å². The monoisotopic (exact) mass is 457 g/mol. The largest absolute Gasteiger partial charge is 0.463 e. The van der Waals surface area contributed by atoms with Gasteiger partial charge in [0.15, 0.2) is 0 Å². The van der Waals surface area contributed by atoms with E-state index in [4.69, 9.17) is 4.74 Å². The molecular weight excluding hydrogens is 414 g/mol. The fourth-order valence-corrected chi connectivity index (χ4v) is 4.13. The predicted molar refractivity (Wildman–Crippen MR) is 127 cm³/mol. The van der Waals surface area contributed by atoms with Gasteiger partial charge in [0.2, 0.25) is 11.8 Å². The van der Waals surface area contributed by atoms with E-state index < -0.39 is 17.2 Å². The summed E-state index contributed by atoms with van der Waals surface area (Å²) in [7, 11) is 0. The molecule has 1 heterocycles. The van der Waals surface area contributed by atoms with Crippen LogP contribution in [0.15, 0.2) is 0 Å². The summed E-state index contributed by atoms with van der Waals surface area (Å²) in [6, 6.07) is -0.564. The number of ether oxygens (including phenoxy) is 1. The van der Waals surface area contributed by atoms with Crippen LogP contribution in [0, 0.1) is 11.8 Å². The zero-order valence-corrected chi connectivity index (χ0v) is 20.6. The van der Waals surface area contributed by atoms with E-state index in [2.05, 4.69) is 28.6 Å². The third-order valence-corrected chi connectivity index (χ3v) is 5.87. The molecule has 3 N–H and O–H groups in total. The highest BCUT2D eigenvalue weighted by atomic mass is 32.1. The van der Waals surface area contributed by atoms with E-state index in [0.29, 0.717) is 19.4 Å². The number of carbonyl (C=O) groups is 3. The maximum Gasteiger partial charge on any atom is 0.307 e. The van der Waals surface area contributed by atoms with E-state index in [1.54, 1.807) is 13.8 Å². The van der Waals surface area contributed by atoms with Gasteiger partial charge in [-0.1, -0.05) is 20.3 Å². The number of amides is 2. The fraction of sp³-hybridized carbons (Fsp3) is 0.870. The molecule has 1 aliphatic heterocycles. The molecule has 8 heteroatoms. The highest BCUT2D eigenvalue weighted by Crippen LogP contribution is 2.24. The molecule has 3 unspecified atom stereocenters. The topological polar surface area (TPSA) is 96.5 Å². The summed E-state index contributed by atoms with van der Waals surface area (Å²) in [5.74, 6) is -0.912. The molecule has 2 amide bonds. The molecule has 1 saturated heterocycles. The van der Waals surface area contributed by atoms with Gasteiger partial charge in [0.25, 0.3) is 0 Å². The Morgan fingerprint density at radius 2 is 1.71 bits per heavy atom. The molecule has 0 aliphatic carbocycles. The second kappa shape index (κ2) is 15.5. The van der Waals surface area contributed by atoms with Crippen molar-refractivity contribution in [1.29, 1.82) is 0 Å². The number of hydrogen-bond donors (Lipinski definition) is 4. The number of carbonyl (C=O) groups excluding carboxylic acids is 3. The molecule has 1 fully saturated rings. The van der Waals surface area contributed by atoms with E-state index in [0.717, 1.165) is 45.2 Å². The lowest BCUT2D eigenvalue weighted by molar-refractivity contribution is -0.147. The first kappa shape index (κ1) is 27.8. The number of rotatable bonds is 8. The highest BCUT2D eigenvalue weighted by molar-refractivity contribution is 7.81. The number of thiol groups is 1. The molecular formula is C23H43N3O4S. The lowest BCUT2D eigenvalue weighted by Crippen LogP contribution is -2.50. The Bertz CT molecular complexity index is 557. The Morgan fingerprint density at radius 1 is 1.06 bits per heavy atom. The van der Waals surface area contributed by atoms with E-state index in [1.165, 1.54) is 0 Å². The summed E-state index contributed by atoms with van der Waals surface area (Å²) in [5.41, 5.74) is 0. The Kier molecular flexibility index (Phi) is 13.9. The molecule has 31 heavy (non-hydrogen) atoms. The third kappa shape index (κ3) is 12.4. The van der Waals surface area contributed by atoms with Crippen molar-refractivity contribution >= 4 is 30.4 Å². The lowest BCUT2D eigenvalue weighted by atomic mass is 9.91. The van der Waals surface area contributed by atoms with Gasteiger partial charge >= 0.3 is 5.97 Å². The van der Waals surface area contributed by atoms with Gasteiger partial charge in [0, 0.05) is 11.8 Å². The Hall–Kier alpha value is -1.28. The standard InChI is InChI=1S/C23H43N3O4S/c1-16(2)14-18(20(31)15-21(27)30-17(3)4)22(28)26-19-10-6-9-12-24-11-7-5-8-13-25-23(19)29/h16-20,24,31H,5-15H2,1-4H3,(H,25,29)(H,26,28). The Balaban J connectivity index is 2.80. The summed E-state index contributed by atoms with van der Waals surface area (Å²) in [6.45, 7) is 10.2. The van der Waals surface area contributed by atoms with Crippen LogP contribution in [0.2, 0.25) is 0 Å². The second-order valence-electron chi connectivity index (χ2n) is 9.20. The zero-order valence-electron chi connectivity index (χ0n) is 19.7. The molecule has 0 bridgehead atoms. The number of hydrogen-bond acceptors (Lipinski definition) is 6. The van der Waals surface area contributed by atoms with Gasteiger partial charge in [0.05, 0.1) is 18.4 Å². The summed E-state index contributed by atoms with van der Waals surface area (Å²) in [5, 5.41) is 8.90. The molecule has 3 atom stereocenters. The summed E-state index contributed by atoms with van der Waals surface area (Å²) >= 11 is 4.58. The molecule has 0 aromatic heterocycles. The van der Waals surface area contributed by atoms with Crippen LogP contribution in [-0.4, -0.2) is 54.8 Å². The zero-order chi connectivity index (χ0) is 23.2. The van der Waals surface area contributed by atoms with Crippen molar-refractivity contribution in [3.8, 4) is 0 Å². The molecule has 1 aliphatic rings. The molecule has 7 nitrogen and oxygen atoms in total. The molecule has 0 saturated carbocycles. The number of nitrogens with one attached hydrogen (secondary N) is 3. The number of esters is 1. The molecule has 1 rings (SSSR count). The minimum Gasteiger partial charge on any atom is -0.463 e. The van der Waals surface area contributed by atoms with Gasteiger partial charge in [-0.2, -0.15) is 12.6 Å². The van der Waals surface area contributed by atoms with Gasteiger partial charge in [-0.3, -0.25) is 14.4 Å². The SMILES string of the molecule is CC(C)CC(C(=O)NC1CCCCNCCCCCNC1=O)C(S)CC(=O)OC(C)C. The minimum absolute atomic E-state index is 0.0641. The molecule has 180 valence electrons. The van der Waals surface area contributed by atoms with Crippen LogP contribution in [-0.2, 0) is 19.1 Å². The van der Waals surface area contributed by atoms with Crippen LogP contribution in [0.3, 0.4) is 0 Å². The van der Waals surface area contributed by atoms with Gasteiger partial charge < -0.3 is 20.7 Å². The van der Waals surface area contributed by atoms with Gasteiger partial charge in [-0.05, 0) is 71.4 Å². The van der Waals surface area contributed by atoms with Crippen molar-refractivity contribution in [3.63, 3.8) is 0 Å². The predicted octanol–water partition coefficient (Wildman–Crippen LogP) is 2.83. The van der Waals surface area contributed by atoms with Crippen LogP contribution in [0.1, 0.15) is 79.1 Å². The first-order valence-electron chi connectivity index (χ1n) is 11.9. The van der Waals surface area contributed by atoms with Gasteiger partial charge in [0.1, 0.15) is 6.04 Å². The van der Waals surface area contributed by atoms with E-state index >= 15 is 0 Å². The van der Waals surface area contributed by atoms with Crippen molar-refractivity contribution in [2.75, 3.05) is 19.6 Å². The van der Waals surface area contributed by atoms with Crippen molar-refractivity contribution in [1.82, 2.24) is 16.0 Å². The second-order valence-corrected chi connectivity index (χ2v) is 9.87. The van der Waals surface area contributed by atoms with Crippen LogP contribution < -0.4 is 16.0 Å². The van der Waals surface area contributed by atoms with E-state index in [9.17, 15) is 14.4 Å². The Labute approximate surface area is 193 Å². The fourth-order valence-electron chi connectivity index (χ4n) is 3.73. The maximum atomic E-state index is 13.2.